The molecule has 0 N–H and O–H groups in total. The molecule has 0 atom stereocenters. The van der Waals surface area contributed by atoms with Crippen molar-refractivity contribution in [3.05, 3.63) is 59.4 Å². The number of rotatable bonds is 4. The second-order valence-electron chi connectivity index (χ2n) is 3.89. The van der Waals surface area contributed by atoms with Crippen LogP contribution in [0.5, 0.6) is 5.75 Å². The molecule has 0 bridgehead atoms. The van der Waals surface area contributed by atoms with Gasteiger partial charge in [-0.15, -0.1) is 11.8 Å². The molecule has 0 saturated carbocycles. The predicted molar refractivity (Wildman–Crippen MR) is 73.7 cm³/mol. The van der Waals surface area contributed by atoms with E-state index in [-0.39, 0.29) is 5.56 Å². The van der Waals surface area contributed by atoms with Gasteiger partial charge in [-0.25, -0.2) is 4.39 Å². The molecule has 2 rings (SSSR count). The van der Waals surface area contributed by atoms with E-state index >= 15 is 0 Å². The van der Waals surface area contributed by atoms with E-state index in [1.165, 1.54) is 6.07 Å². The Labute approximate surface area is 115 Å². The first-order chi connectivity index (χ1) is 9.22. The van der Waals surface area contributed by atoms with Gasteiger partial charge in [0.15, 0.2) is 0 Å². The maximum Gasteiger partial charge on any atom is 0.141 e. The minimum Gasteiger partial charge on any atom is -0.497 e. The quantitative estimate of drug-likeness (QED) is 0.789. The smallest absolute Gasteiger partial charge is 0.141 e. The zero-order valence-electron chi connectivity index (χ0n) is 10.4. The summed E-state index contributed by atoms with van der Waals surface area (Å²) < 4.78 is 18.3. The van der Waals surface area contributed by atoms with Gasteiger partial charge in [-0.05, 0) is 35.9 Å². The fraction of sp³-hybridized carbons (Fsp3) is 0.133. The molecule has 2 nitrogen and oxygen atoms in total. The molecule has 2 aromatic rings. The fourth-order valence-corrected chi connectivity index (χ4v) is 2.46. The van der Waals surface area contributed by atoms with Gasteiger partial charge in [-0.3, -0.25) is 0 Å². The third-order valence-electron chi connectivity index (χ3n) is 2.62. The Morgan fingerprint density at radius 3 is 2.58 bits per heavy atom. The number of benzene rings is 2. The number of halogens is 1. The molecule has 2 aromatic carbocycles. The zero-order chi connectivity index (χ0) is 13.7. The van der Waals surface area contributed by atoms with Crippen molar-refractivity contribution in [2.75, 3.05) is 7.11 Å². The Morgan fingerprint density at radius 2 is 1.95 bits per heavy atom. The van der Waals surface area contributed by atoms with Crippen LogP contribution in [0.1, 0.15) is 11.1 Å². The summed E-state index contributed by atoms with van der Waals surface area (Å²) in [6.45, 7) is 0. The van der Waals surface area contributed by atoms with Crippen LogP contribution in [-0.2, 0) is 5.75 Å². The molecule has 96 valence electrons. The van der Waals surface area contributed by atoms with Gasteiger partial charge in [0.05, 0.1) is 12.7 Å². The summed E-state index contributed by atoms with van der Waals surface area (Å²) in [6, 6.07) is 14.2. The van der Waals surface area contributed by atoms with E-state index in [9.17, 15) is 4.39 Å². The van der Waals surface area contributed by atoms with Crippen molar-refractivity contribution in [2.24, 2.45) is 0 Å². The molecule has 0 aliphatic carbocycles. The van der Waals surface area contributed by atoms with E-state index in [4.69, 9.17) is 10.00 Å². The van der Waals surface area contributed by atoms with Crippen molar-refractivity contribution >= 4 is 11.8 Å². The van der Waals surface area contributed by atoms with Crippen molar-refractivity contribution in [1.82, 2.24) is 0 Å². The average molecular weight is 273 g/mol. The third-order valence-corrected chi connectivity index (χ3v) is 3.69. The molecule has 19 heavy (non-hydrogen) atoms. The van der Waals surface area contributed by atoms with Gasteiger partial charge in [0, 0.05) is 10.6 Å². The van der Waals surface area contributed by atoms with E-state index in [0.29, 0.717) is 0 Å². The van der Waals surface area contributed by atoms with E-state index in [1.807, 2.05) is 30.3 Å². The lowest BCUT2D eigenvalue weighted by Crippen LogP contribution is -1.86. The number of methoxy groups -OCH3 is 1. The number of nitrogens with zero attached hydrogens (tertiary/aromatic N) is 1. The van der Waals surface area contributed by atoms with Gasteiger partial charge in [0.1, 0.15) is 17.6 Å². The SMILES string of the molecule is COc1ccc(CSc2ccc(F)c(C#N)c2)cc1. The number of thioether (sulfide) groups is 1. The van der Waals surface area contributed by atoms with Crippen LogP contribution in [-0.4, -0.2) is 7.11 Å². The molecule has 0 amide bonds. The Hall–Kier alpha value is -1.99. The number of hydrogen-bond donors (Lipinski definition) is 0. The van der Waals surface area contributed by atoms with Crippen LogP contribution in [0.15, 0.2) is 47.4 Å². The van der Waals surface area contributed by atoms with Gasteiger partial charge in [-0.1, -0.05) is 12.1 Å². The van der Waals surface area contributed by atoms with Gasteiger partial charge >= 0.3 is 0 Å². The first kappa shape index (κ1) is 13.4. The molecule has 0 aliphatic heterocycles. The summed E-state index contributed by atoms with van der Waals surface area (Å²) in [4.78, 5) is 0.883. The summed E-state index contributed by atoms with van der Waals surface area (Å²) >= 11 is 1.57. The van der Waals surface area contributed by atoms with E-state index in [2.05, 4.69) is 0 Å². The molecule has 0 fully saturated rings. The van der Waals surface area contributed by atoms with Crippen molar-refractivity contribution in [3.63, 3.8) is 0 Å². The van der Waals surface area contributed by atoms with Crippen molar-refractivity contribution < 1.29 is 9.13 Å². The highest BCUT2D eigenvalue weighted by molar-refractivity contribution is 7.98. The predicted octanol–water partition coefficient (Wildman–Crippen LogP) is 4.00. The summed E-state index contributed by atoms with van der Waals surface area (Å²) in [7, 11) is 1.63. The van der Waals surface area contributed by atoms with Crippen LogP contribution < -0.4 is 4.74 Å². The molecule has 0 spiro atoms. The summed E-state index contributed by atoms with van der Waals surface area (Å²) in [5, 5.41) is 8.77. The Bertz CT molecular complexity index is 605. The second kappa shape index (κ2) is 6.26. The first-order valence-corrected chi connectivity index (χ1v) is 6.67. The van der Waals surface area contributed by atoms with Crippen LogP contribution in [0.25, 0.3) is 0 Å². The summed E-state index contributed by atoms with van der Waals surface area (Å²) in [6.07, 6.45) is 0. The van der Waals surface area contributed by atoms with Crippen molar-refractivity contribution in [3.8, 4) is 11.8 Å². The average Bonchev–Trinajstić information content (AvgIpc) is 2.47. The second-order valence-corrected chi connectivity index (χ2v) is 4.94. The molecule has 0 radical (unpaired) electrons. The minimum absolute atomic E-state index is 0.0831. The highest BCUT2D eigenvalue weighted by Crippen LogP contribution is 2.25. The highest BCUT2D eigenvalue weighted by Gasteiger charge is 2.03. The maximum atomic E-state index is 13.2. The largest absolute Gasteiger partial charge is 0.497 e. The third kappa shape index (κ3) is 3.49. The number of ether oxygens (including phenoxy) is 1. The lowest BCUT2D eigenvalue weighted by atomic mass is 10.2. The van der Waals surface area contributed by atoms with E-state index < -0.39 is 5.82 Å². The van der Waals surface area contributed by atoms with E-state index in [0.717, 1.165) is 22.0 Å². The first-order valence-electron chi connectivity index (χ1n) is 5.68. The van der Waals surface area contributed by atoms with Crippen LogP contribution >= 0.6 is 11.8 Å². The molecule has 0 aromatic heterocycles. The topological polar surface area (TPSA) is 33.0 Å². The normalized spacial score (nSPS) is 9.95. The lowest BCUT2D eigenvalue weighted by molar-refractivity contribution is 0.414. The molecular weight excluding hydrogens is 261 g/mol. The van der Waals surface area contributed by atoms with Crippen molar-refractivity contribution in [1.29, 1.82) is 5.26 Å². The van der Waals surface area contributed by atoms with E-state index in [1.54, 1.807) is 31.0 Å². The number of nitriles is 1. The standard InChI is InChI=1S/C15H12FNOS/c1-18-13-4-2-11(3-5-13)10-19-14-6-7-15(16)12(8-14)9-17/h2-8H,10H2,1H3. The monoisotopic (exact) mass is 273 g/mol. The lowest BCUT2D eigenvalue weighted by Gasteiger charge is -2.04. The molecule has 4 heteroatoms. The Kier molecular flexibility index (Phi) is 4.43. The molecular formula is C15H12FNOS. The Balaban J connectivity index is 2.04. The minimum atomic E-state index is -0.476. The van der Waals surface area contributed by atoms with Gasteiger partial charge in [-0.2, -0.15) is 5.26 Å². The molecule has 0 unspecified atom stereocenters. The van der Waals surface area contributed by atoms with Crippen LogP contribution in [0.2, 0.25) is 0 Å². The summed E-state index contributed by atoms with van der Waals surface area (Å²) in [5.41, 5.74) is 1.23. The Morgan fingerprint density at radius 1 is 1.21 bits per heavy atom. The van der Waals surface area contributed by atoms with Crippen LogP contribution in [0.3, 0.4) is 0 Å². The maximum absolute atomic E-state index is 13.2. The number of hydrogen-bond acceptors (Lipinski definition) is 3. The van der Waals surface area contributed by atoms with Crippen LogP contribution in [0, 0.1) is 17.1 Å². The van der Waals surface area contributed by atoms with Crippen LogP contribution in [0.4, 0.5) is 4.39 Å². The van der Waals surface area contributed by atoms with Gasteiger partial charge in [0.25, 0.3) is 0 Å². The van der Waals surface area contributed by atoms with Gasteiger partial charge < -0.3 is 4.74 Å². The summed E-state index contributed by atoms with van der Waals surface area (Å²) in [5.74, 6) is 1.11. The van der Waals surface area contributed by atoms with Crippen molar-refractivity contribution in [2.45, 2.75) is 10.6 Å². The molecule has 0 heterocycles. The highest BCUT2D eigenvalue weighted by atomic mass is 32.2. The fourth-order valence-electron chi connectivity index (χ4n) is 1.57. The molecule has 0 aliphatic rings. The molecule has 0 saturated heterocycles. The zero-order valence-corrected chi connectivity index (χ0v) is 11.2. The van der Waals surface area contributed by atoms with Gasteiger partial charge in [0.2, 0.25) is 0 Å².